The molecule has 2 atom stereocenters. The highest BCUT2D eigenvalue weighted by atomic mass is 16.5. The molecule has 1 saturated heterocycles. The molecule has 3 aromatic rings. The zero-order valence-corrected chi connectivity index (χ0v) is 20.7. The average Bonchev–Trinajstić information content (AvgIpc) is 3.66. The Kier molecular flexibility index (Phi) is 7.17. The molecule has 11 nitrogen and oxygen atoms in total. The predicted octanol–water partition coefficient (Wildman–Crippen LogP) is 2.95. The van der Waals surface area contributed by atoms with Crippen LogP contribution in [-0.4, -0.2) is 62.2 Å². The van der Waals surface area contributed by atoms with Gasteiger partial charge in [0, 0.05) is 19.2 Å². The molecular formula is C25H32N6O5. The summed E-state index contributed by atoms with van der Waals surface area (Å²) in [5.74, 6) is 2.01. The molecule has 0 bridgehead atoms. The van der Waals surface area contributed by atoms with Gasteiger partial charge in [0.05, 0.1) is 6.10 Å². The van der Waals surface area contributed by atoms with Gasteiger partial charge in [0.1, 0.15) is 23.8 Å². The summed E-state index contributed by atoms with van der Waals surface area (Å²) < 4.78 is 17.3. The number of amides is 2. The van der Waals surface area contributed by atoms with Crippen LogP contribution in [0.2, 0.25) is 0 Å². The molecule has 0 spiro atoms. The van der Waals surface area contributed by atoms with E-state index in [1.54, 1.807) is 23.1 Å². The fourth-order valence-electron chi connectivity index (χ4n) is 4.91. The summed E-state index contributed by atoms with van der Waals surface area (Å²) in [6.07, 6.45) is 5.63. The molecule has 1 aliphatic carbocycles. The van der Waals surface area contributed by atoms with Gasteiger partial charge in [-0.2, -0.15) is 4.80 Å². The minimum atomic E-state index is -0.924. The van der Waals surface area contributed by atoms with E-state index in [9.17, 15) is 9.59 Å². The number of tetrazole rings is 1. The monoisotopic (exact) mass is 496 g/mol. The molecule has 4 heterocycles. The van der Waals surface area contributed by atoms with E-state index < -0.39 is 6.04 Å². The Bertz CT molecular complexity index is 1190. The zero-order valence-electron chi connectivity index (χ0n) is 20.7. The number of hydrogen-bond donors (Lipinski definition) is 1. The predicted molar refractivity (Wildman–Crippen MR) is 128 cm³/mol. The molecule has 2 unspecified atom stereocenters. The highest BCUT2D eigenvalue weighted by molar-refractivity contribution is 5.88. The summed E-state index contributed by atoms with van der Waals surface area (Å²) in [4.78, 5) is 30.1. The SMILES string of the molecule is Cc1ccc(-c2nnn(CC(=O)N(CC3CCCO3)C(C(=O)NC3CCCC3)c3ccc(C)o3)n2)o1. The maximum atomic E-state index is 13.7. The van der Waals surface area contributed by atoms with E-state index in [2.05, 4.69) is 20.7 Å². The first kappa shape index (κ1) is 24.2. The second kappa shape index (κ2) is 10.7. The first-order valence-corrected chi connectivity index (χ1v) is 12.6. The Labute approximate surface area is 209 Å². The van der Waals surface area contributed by atoms with Gasteiger partial charge < -0.3 is 23.8 Å². The molecule has 36 heavy (non-hydrogen) atoms. The number of furan rings is 2. The minimum Gasteiger partial charge on any atom is -0.464 e. The van der Waals surface area contributed by atoms with Crippen molar-refractivity contribution < 1.29 is 23.2 Å². The fourth-order valence-corrected chi connectivity index (χ4v) is 4.91. The molecule has 0 radical (unpaired) electrons. The highest BCUT2D eigenvalue weighted by Crippen LogP contribution is 2.28. The lowest BCUT2D eigenvalue weighted by Crippen LogP contribution is -2.49. The van der Waals surface area contributed by atoms with Crippen molar-refractivity contribution in [2.45, 2.75) is 77.1 Å². The third-order valence-electron chi connectivity index (χ3n) is 6.73. The van der Waals surface area contributed by atoms with Crippen LogP contribution >= 0.6 is 0 Å². The number of carbonyl (C=O) groups excluding carboxylic acids is 2. The van der Waals surface area contributed by atoms with Gasteiger partial charge in [-0.3, -0.25) is 9.59 Å². The first-order valence-electron chi connectivity index (χ1n) is 12.6. The normalized spacial score (nSPS) is 19.0. The van der Waals surface area contributed by atoms with Crippen molar-refractivity contribution >= 4 is 11.8 Å². The smallest absolute Gasteiger partial charge is 0.250 e. The number of nitrogens with zero attached hydrogens (tertiary/aromatic N) is 5. The Morgan fingerprint density at radius 3 is 2.53 bits per heavy atom. The second-order valence-electron chi connectivity index (χ2n) is 9.58. The van der Waals surface area contributed by atoms with Crippen molar-refractivity contribution in [2.75, 3.05) is 13.2 Å². The summed E-state index contributed by atoms with van der Waals surface area (Å²) >= 11 is 0. The highest BCUT2D eigenvalue weighted by Gasteiger charge is 2.37. The number of carbonyl (C=O) groups is 2. The molecule has 5 rings (SSSR count). The molecule has 2 aliphatic rings. The molecule has 11 heteroatoms. The summed E-state index contributed by atoms with van der Waals surface area (Å²) in [5, 5.41) is 15.5. The summed E-state index contributed by atoms with van der Waals surface area (Å²) in [6.45, 7) is 4.36. The lowest BCUT2D eigenvalue weighted by atomic mass is 10.1. The Morgan fingerprint density at radius 1 is 1.08 bits per heavy atom. The summed E-state index contributed by atoms with van der Waals surface area (Å²) in [5.41, 5.74) is 0. The Hall–Kier alpha value is -3.47. The van der Waals surface area contributed by atoms with Crippen molar-refractivity contribution in [2.24, 2.45) is 0 Å². The van der Waals surface area contributed by atoms with Crippen LogP contribution in [0.1, 0.15) is 61.8 Å². The van der Waals surface area contributed by atoms with Gasteiger partial charge in [-0.1, -0.05) is 12.8 Å². The maximum Gasteiger partial charge on any atom is 0.250 e. The molecular weight excluding hydrogens is 464 g/mol. The molecule has 1 saturated carbocycles. The van der Waals surface area contributed by atoms with Gasteiger partial charge in [-0.05, 0) is 69.0 Å². The van der Waals surface area contributed by atoms with Crippen LogP contribution in [0.5, 0.6) is 0 Å². The van der Waals surface area contributed by atoms with Crippen LogP contribution in [-0.2, 0) is 20.9 Å². The molecule has 3 aromatic heterocycles. The van der Waals surface area contributed by atoms with Crippen molar-refractivity contribution in [3.05, 3.63) is 41.5 Å². The standard InChI is InChI=1S/C25H32N6O5/c1-16-9-11-20(35-16)23(25(33)26-18-6-3-4-7-18)30(14-19-8-5-13-34-19)22(32)15-31-28-24(27-29-31)21-12-10-17(2)36-21/h9-12,18-19,23H,3-8,13-15H2,1-2H3,(H,26,33). The quantitative estimate of drug-likeness (QED) is 0.479. The van der Waals surface area contributed by atoms with E-state index >= 15 is 0 Å². The van der Waals surface area contributed by atoms with E-state index in [1.807, 2.05) is 19.9 Å². The van der Waals surface area contributed by atoms with Crippen molar-refractivity contribution in [3.63, 3.8) is 0 Å². The largest absolute Gasteiger partial charge is 0.464 e. The number of rotatable bonds is 9. The number of aryl methyl sites for hydroxylation is 2. The van der Waals surface area contributed by atoms with Crippen molar-refractivity contribution in [1.82, 2.24) is 30.4 Å². The van der Waals surface area contributed by atoms with Gasteiger partial charge in [0.15, 0.2) is 11.8 Å². The molecule has 192 valence electrons. The van der Waals surface area contributed by atoms with Gasteiger partial charge >= 0.3 is 0 Å². The topological polar surface area (TPSA) is 129 Å². The van der Waals surface area contributed by atoms with Crippen LogP contribution in [0.25, 0.3) is 11.6 Å². The van der Waals surface area contributed by atoms with E-state index in [0.717, 1.165) is 44.3 Å². The second-order valence-corrected chi connectivity index (χ2v) is 9.58. The van der Waals surface area contributed by atoms with E-state index in [4.69, 9.17) is 13.6 Å². The van der Waals surface area contributed by atoms with Gasteiger partial charge in [-0.15, -0.1) is 10.2 Å². The maximum absolute atomic E-state index is 13.7. The van der Waals surface area contributed by atoms with Gasteiger partial charge in [0.2, 0.25) is 11.7 Å². The summed E-state index contributed by atoms with van der Waals surface area (Å²) in [6, 6.07) is 6.30. The third kappa shape index (κ3) is 5.51. The van der Waals surface area contributed by atoms with Gasteiger partial charge in [-0.25, -0.2) is 0 Å². The zero-order chi connectivity index (χ0) is 25.1. The fraction of sp³-hybridized carbons (Fsp3) is 0.560. The number of nitrogens with one attached hydrogen (secondary N) is 1. The molecule has 2 fully saturated rings. The Morgan fingerprint density at radius 2 is 1.86 bits per heavy atom. The van der Waals surface area contributed by atoms with Crippen molar-refractivity contribution in [3.8, 4) is 11.6 Å². The number of ether oxygens (including phenoxy) is 1. The average molecular weight is 497 g/mol. The lowest BCUT2D eigenvalue weighted by Gasteiger charge is -2.32. The van der Waals surface area contributed by atoms with E-state index in [0.29, 0.717) is 29.7 Å². The molecule has 1 aliphatic heterocycles. The van der Waals surface area contributed by atoms with Gasteiger partial charge in [0.25, 0.3) is 5.91 Å². The summed E-state index contributed by atoms with van der Waals surface area (Å²) in [7, 11) is 0. The number of aromatic nitrogens is 4. The molecule has 1 N–H and O–H groups in total. The van der Waals surface area contributed by atoms with Crippen molar-refractivity contribution in [1.29, 1.82) is 0 Å². The van der Waals surface area contributed by atoms with Crippen LogP contribution in [0.15, 0.2) is 33.1 Å². The minimum absolute atomic E-state index is 0.104. The molecule has 2 amide bonds. The van der Waals surface area contributed by atoms with Crippen LogP contribution in [0, 0.1) is 13.8 Å². The first-order chi connectivity index (χ1) is 17.5. The van der Waals surface area contributed by atoms with E-state index in [1.165, 1.54) is 4.80 Å². The Balaban J connectivity index is 1.41. The third-order valence-corrected chi connectivity index (χ3v) is 6.73. The van der Waals surface area contributed by atoms with Crippen LogP contribution in [0.3, 0.4) is 0 Å². The number of hydrogen-bond acceptors (Lipinski definition) is 8. The lowest BCUT2D eigenvalue weighted by molar-refractivity contribution is -0.144. The van der Waals surface area contributed by atoms with Crippen LogP contribution < -0.4 is 5.32 Å². The molecule has 0 aromatic carbocycles. The van der Waals surface area contributed by atoms with E-state index in [-0.39, 0.29) is 37.0 Å². The van der Waals surface area contributed by atoms with Crippen LogP contribution in [0.4, 0.5) is 0 Å².